The number of pyridine rings is 1. The number of aromatic nitrogens is 1. The summed E-state index contributed by atoms with van der Waals surface area (Å²) in [5, 5.41) is 12.2. The third-order valence-corrected chi connectivity index (χ3v) is 3.21. The van der Waals surface area contributed by atoms with Crippen molar-refractivity contribution in [2.45, 2.75) is 19.4 Å². The zero-order chi connectivity index (χ0) is 15.4. The number of halogens is 2. The summed E-state index contributed by atoms with van der Waals surface area (Å²) in [6.45, 7) is 1.94. The van der Waals surface area contributed by atoms with Crippen molar-refractivity contribution in [3.63, 3.8) is 0 Å². The first-order valence-corrected chi connectivity index (χ1v) is 6.73. The predicted molar refractivity (Wildman–Crippen MR) is 79.4 cm³/mol. The highest BCUT2D eigenvalue weighted by atomic mass is 35.5. The number of hydrogen-bond donors (Lipinski definition) is 2. The van der Waals surface area contributed by atoms with Gasteiger partial charge < -0.3 is 10.4 Å². The van der Waals surface area contributed by atoms with Crippen LogP contribution in [0.1, 0.15) is 22.8 Å². The Morgan fingerprint density at radius 3 is 2.67 bits per heavy atom. The first-order valence-electron chi connectivity index (χ1n) is 6.35. The molecule has 1 aromatic carbocycles. The largest absolute Gasteiger partial charge is 0.478 e. The lowest BCUT2D eigenvalue weighted by atomic mass is 10.1. The van der Waals surface area contributed by atoms with Crippen molar-refractivity contribution < 1.29 is 14.3 Å². The topological polar surface area (TPSA) is 62.2 Å². The van der Waals surface area contributed by atoms with Crippen LogP contribution in [0.3, 0.4) is 0 Å². The van der Waals surface area contributed by atoms with E-state index in [0.717, 1.165) is 5.56 Å². The molecule has 1 heterocycles. The van der Waals surface area contributed by atoms with Crippen LogP contribution in [0.5, 0.6) is 0 Å². The van der Waals surface area contributed by atoms with E-state index in [1.54, 1.807) is 12.1 Å². The maximum absolute atomic E-state index is 12.8. The summed E-state index contributed by atoms with van der Waals surface area (Å²) in [4.78, 5) is 14.8. The molecule has 0 fully saturated rings. The van der Waals surface area contributed by atoms with Crippen LogP contribution < -0.4 is 5.32 Å². The highest BCUT2D eigenvalue weighted by Crippen LogP contribution is 2.21. The minimum Gasteiger partial charge on any atom is -0.478 e. The molecule has 6 heteroatoms. The number of hydrogen-bond acceptors (Lipinski definition) is 3. The van der Waals surface area contributed by atoms with Gasteiger partial charge in [0.15, 0.2) is 0 Å². The Balaban J connectivity index is 2.04. The zero-order valence-electron chi connectivity index (χ0n) is 11.3. The van der Waals surface area contributed by atoms with Crippen LogP contribution >= 0.6 is 11.6 Å². The Morgan fingerprint density at radius 1 is 1.43 bits per heavy atom. The zero-order valence-corrected chi connectivity index (χ0v) is 12.1. The molecule has 21 heavy (non-hydrogen) atoms. The smallest absolute Gasteiger partial charge is 0.337 e. The number of rotatable bonds is 5. The van der Waals surface area contributed by atoms with E-state index in [0.29, 0.717) is 12.2 Å². The molecular weight excluding hydrogens is 295 g/mol. The van der Waals surface area contributed by atoms with Gasteiger partial charge in [-0.2, -0.15) is 0 Å². The normalized spacial score (nSPS) is 12.0. The van der Waals surface area contributed by atoms with Crippen LogP contribution in [0.15, 0.2) is 36.5 Å². The summed E-state index contributed by atoms with van der Waals surface area (Å²) in [6.07, 6.45) is 1.92. The molecule has 2 N–H and O–H groups in total. The number of carboxylic acid groups (broad SMARTS) is 1. The molecule has 0 spiro atoms. The van der Waals surface area contributed by atoms with E-state index in [4.69, 9.17) is 16.7 Å². The van der Waals surface area contributed by atoms with Gasteiger partial charge in [-0.25, -0.2) is 14.2 Å². The quantitative estimate of drug-likeness (QED) is 0.885. The van der Waals surface area contributed by atoms with Crippen molar-refractivity contribution in [3.8, 4) is 0 Å². The number of benzene rings is 1. The van der Waals surface area contributed by atoms with E-state index < -0.39 is 5.97 Å². The molecule has 0 amide bonds. The van der Waals surface area contributed by atoms with Crippen molar-refractivity contribution >= 4 is 23.4 Å². The van der Waals surface area contributed by atoms with Crippen molar-refractivity contribution in [2.75, 3.05) is 5.32 Å². The Hall–Kier alpha value is -2.14. The molecule has 0 saturated heterocycles. The van der Waals surface area contributed by atoms with E-state index in [1.165, 1.54) is 24.4 Å². The molecule has 4 nitrogen and oxygen atoms in total. The molecular formula is C15H14ClFN2O2. The average Bonchev–Trinajstić information content (AvgIpc) is 2.43. The second-order valence-electron chi connectivity index (χ2n) is 4.74. The highest BCUT2D eigenvalue weighted by molar-refractivity contribution is 6.33. The fraction of sp³-hybridized carbons (Fsp3) is 0.200. The van der Waals surface area contributed by atoms with Crippen LogP contribution in [0.2, 0.25) is 5.02 Å². The number of aromatic carboxylic acids is 1. The summed E-state index contributed by atoms with van der Waals surface area (Å²) in [5.41, 5.74) is 1.02. The van der Waals surface area contributed by atoms with E-state index in [2.05, 4.69) is 10.3 Å². The minimum atomic E-state index is -1.07. The lowest BCUT2D eigenvalue weighted by Crippen LogP contribution is -2.19. The molecule has 1 aromatic heterocycles. The molecule has 0 aliphatic carbocycles. The van der Waals surface area contributed by atoms with Gasteiger partial charge in [0.2, 0.25) is 0 Å². The fourth-order valence-electron chi connectivity index (χ4n) is 1.92. The van der Waals surface area contributed by atoms with Gasteiger partial charge in [0.25, 0.3) is 0 Å². The molecule has 0 aliphatic heterocycles. The van der Waals surface area contributed by atoms with Crippen molar-refractivity contribution in [1.82, 2.24) is 4.98 Å². The summed E-state index contributed by atoms with van der Waals surface area (Å²) in [5.74, 6) is -0.917. The Morgan fingerprint density at radius 2 is 2.10 bits per heavy atom. The van der Waals surface area contributed by atoms with Crippen molar-refractivity contribution in [2.24, 2.45) is 0 Å². The lowest BCUT2D eigenvalue weighted by Gasteiger charge is -2.15. The molecule has 0 saturated carbocycles. The summed E-state index contributed by atoms with van der Waals surface area (Å²) < 4.78 is 12.8. The number of anilines is 1. The van der Waals surface area contributed by atoms with Gasteiger partial charge in [0.1, 0.15) is 11.6 Å². The second kappa shape index (κ2) is 6.54. The Bertz CT molecular complexity index is 647. The molecule has 0 radical (unpaired) electrons. The Kier molecular flexibility index (Phi) is 4.75. The van der Waals surface area contributed by atoms with Crippen molar-refractivity contribution in [3.05, 3.63) is 58.5 Å². The summed E-state index contributed by atoms with van der Waals surface area (Å²) in [7, 11) is 0. The minimum absolute atomic E-state index is 0.0103. The van der Waals surface area contributed by atoms with Crippen LogP contribution in [0.4, 0.5) is 10.2 Å². The van der Waals surface area contributed by atoms with Crippen LogP contribution in [-0.2, 0) is 6.42 Å². The SMILES string of the molecule is CC(Cc1ccc(F)cc1)Nc1ncc(C(=O)O)cc1Cl. The van der Waals surface area contributed by atoms with Crippen LogP contribution in [-0.4, -0.2) is 22.1 Å². The first-order chi connectivity index (χ1) is 9.95. The number of carboxylic acids is 1. The van der Waals surface area contributed by atoms with Gasteiger partial charge in [-0.1, -0.05) is 23.7 Å². The van der Waals surface area contributed by atoms with Crippen LogP contribution in [0.25, 0.3) is 0 Å². The molecule has 110 valence electrons. The maximum atomic E-state index is 12.8. The molecule has 2 rings (SSSR count). The third kappa shape index (κ3) is 4.16. The fourth-order valence-corrected chi connectivity index (χ4v) is 2.14. The number of nitrogens with one attached hydrogen (secondary N) is 1. The van der Waals surface area contributed by atoms with Crippen molar-refractivity contribution in [1.29, 1.82) is 0 Å². The first kappa shape index (κ1) is 15.3. The van der Waals surface area contributed by atoms with Gasteiger partial charge >= 0.3 is 5.97 Å². The Labute approximate surface area is 126 Å². The number of nitrogens with zero attached hydrogens (tertiary/aromatic N) is 1. The highest BCUT2D eigenvalue weighted by Gasteiger charge is 2.11. The number of carbonyl (C=O) groups is 1. The van der Waals surface area contributed by atoms with Gasteiger partial charge in [-0.3, -0.25) is 0 Å². The average molecular weight is 309 g/mol. The van der Waals surface area contributed by atoms with Gasteiger partial charge in [-0.15, -0.1) is 0 Å². The summed E-state index contributed by atoms with van der Waals surface area (Å²) >= 11 is 6.00. The second-order valence-corrected chi connectivity index (χ2v) is 5.14. The van der Waals surface area contributed by atoms with Gasteiger partial charge in [-0.05, 0) is 37.1 Å². The summed E-state index contributed by atoms with van der Waals surface area (Å²) in [6, 6.07) is 7.62. The maximum Gasteiger partial charge on any atom is 0.337 e. The monoisotopic (exact) mass is 308 g/mol. The van der Waals surface area contributed by atoms with E-state index in [-0.39, 0.29) is 22.4 Å². The molecule has 0 bridgehead atoms. The third-order valence-electron chi connectivity index (χ3n) is 2.93. The van der Waals surface area contributed by atoms with Gasteiger partial charge in [0.05, 0.1) is 10.6 Å². The van der Waals surface area contributed by atoms with E-state index in [1.807, 2.05) is 6.92 Å². The predicted octanol–water partition coefficient (Wildman–Crippen LogP) is 3.62. The van der Waals surface area contributed by atoms with Crippen LogP contribution in [0, 0.1) is 5.82 Å². The molecule has 2 aromatic rings. The lowest BCUT2D eigenvalue weighted by molar-refractivity contribution is 0.0696. The molecule has 0 aliphatic rings. The van der Waals surface area contributed by atoms with E-state index in [9.17, 15) is 9.18 Å². The molecule has 1 atom stereocenters. The standard InChI is InChI=1S/C15H14ClFN2O2/c1-9(6-10-2-4-12(17)5-3-10)19-14-13(16)7-11(8-18-14)15(20)21/h2-5,7-9H,6H2,1H3,(H,18,19)(H,20,21). The van der Waals surface area contributed by atoms with Gasteiger partial charge in [0, 0.05) is 12.2 Å². The molecule has 1 unspecified atom stereocenters. The van der Waals surface area contributed by atoms with E-state index >= 15 is 0 Å².